The molecule has 4 aromatic heterocycles. The molecule has 0 saturated heterocycles. The van der Waals surface area contributed by atoms with Crippen molar-refractivity contribution in [3.63, 3.8) is 0 Å². The molecule has 0 aliphatic carbocycles. The highest BCUT2D eigenvalue weighted by atomic mass is 15.0. The van der Waals surface area contributed by atoms with Gasteiger partial charge in [-0.3, -0.25) is 4.40 Å². The first kappa shape index (κ1) is 35.2. The number of benzene rings is 9. The molecule has 13 rings (SSSR count). The first-order valence-corrected chi connectivity index (χ1v) is 21.2. The number of hydrogen-bond donors (Lipinski definition) is 0. The molecule has 0 atom stereocenters. The maximum absolute atomic E-state index is 5.35. The van der Waals surface area contributed by atoms with Crippen molar-refractivity contribution in [2.75, 3.05) is 0 Å². The van der Waals surface area contributed by atoms with Crippen LogP contribution in [-0.4, -0.2) is 29.3 Å². The van der Waals surface area contributed by atoms with E-state index in [1.54, 1.807) is 0 Å². The number of aromatic nitrogens is 6. The van der Waals surface area contributed by atoms with Crippen molar-refractivity contribution in [3.8, 4) is 56.5 Å². The zero-order valence-electron chi connectivity index (χ0n) is 33.8. The average molecular weight is 803 g/mol. The predicted octanol–water partition coefficient (Wildman–Crippen LogP) is 14.2. The fraction of sp³-hybridized carbons (Fsp3) is 0. The van der Waals surface area contributed by atoms with E-state index in [0.717, 1.165) is 99.0 Å². The topological polar surface area (TPSA) is 68.9 Å². The maximum atomic E-state index is 5.35. The van der Waals surface area contributed by atoms with Gasteiger partial charge in [0, 0.05) is 33.8 Å². The zero-order chi connectivity index (χ0) is 41.4. The summed E-state index contributed by atoms with van der Waals surface area (Å²) < 4.78 is 2.14. The summed E-state index contributed by atoms with van der Waals surface area (Å²) in [5.74, 6) is 1.87. The number of fused-ring (bicyclic) bond motifs is 11. The quantitative estimate of drug-likeness (QED) is 0.162. The lowest BCUT2D eigenvalue weighted by Gasteiger charge is -2.14. The Kier molecular flexibility index (Phi) is 7.80. The van der Waals surface area contributed by atoms with Gasteiger partial charge in [0.15, 0.2) is 17.5 Å². The molecule has 6 heteroatoms. The SMILES string of the molecule is c1cc(-c2ccc(-c3nc4ccccc4c4nc5ccccn5c34)cc2)cc(-c2nc(-c3cc4ccccc4c4ccccc34)nc(-c3cc4ccccc4c4ccccc34)n2)c1. The van der Waals surface area contributed by atoms with Gasteiger partial charge < -0.3 is 0 Å². The minimum absolute atomic E-state index is 0.610. The first-order valence-electron chi connectivity index (χ1n) is 21.2. The van der Waals surface area contributed by atoms with Gasteiger partial charge in [0.1, 0.15) is 11.2 Å². The van der Waals surface area contributed by atoms with Crippen LogP contribution in [0.5, 0.6) is 0 Å². The number of para-hydroxylation sites is 1. The summed E-state index contributed by atoms with van der Waals surface area (Å²) in [5.41, 5.74) is 10.7. The Hall–Kier alpha value is -8.61. The van der Waals surface area contributed by atoms with Crippen LogP contribution in [0.3, 0.4) is 0 Å². The van der Waals surface area contributed by atoms with Gasteiger partial charge in [0.2, 0.25) is 0 Å². The van der Waals surface area contributed by atoms with E-state index in [1.807, 2.05) is 30.3 Å². The van der Waals surface area contributed by atoms with Gasteiger partial charge in [-0.15, -0.1) is 0 Å². The second kappa shape index (κ2) is 14.0. The van der Waals surface area contributed by atoms with Crippen molar-refractivity contribution in [3.05, 3.63) is 206 Å². The number of pyridine rings is 2. The fourth-order valence-corrected chi connectivity index (χ4v) is 9.44. The van der Waals surface area contributed by atoms with Crippen LogP contribution in [0.2, 0.25) is 0 Å². The van der Waals surface area contributed by atoms with Crippen LogP contribution in [0.25, 0.3) is 127 Å². The van der Waals surface area contributed by atoms with E-state index in [0.29, 0.717) is 17.5 Å². The van der Waals surface area contributed by atoms with Crippen LogP contribution in [0.1, 0.15) is 0 Å². The van der Waals surface area contributed by atoms with Crippen molar-refractivity contribution in [1.29, 1.82) is 0 Å². The molecule has 6 nitrogen and oxygen atoms in total. The predicted molar refractivity (Wildman–Crippen MR) is 259 cm³/mol. The smallest absolute Gasteiger partial charge is 0.164 e. The Labute approximate surface area is 361 Å². The molecule has 9 aromatic carbocycles. The third-order valence-corrected chi connectivity index (χ3v) is 12.4. The normalized spacial score (nSPS) is 11.8. The maximum Gasteiger partial charge on any atom is 0.164 e. The third-order valence-electron chi connectivity index (χ3n) is 12.4. The molecule has 0 unspecified atom stereocenters. The van der Waals surface area contributed by atoms with E-state index in [1.165, 1.54) is 10.8 Å². The van der Waals surface area contributed by atoms with Crippen molar-refractivity contribution < 1.29 is 0 Å². The van der Waals surface area contributed by atoms with Crippen LogP contribution >= 0.6 is 0 Å². The number of rotatable bonds is 5. The highest BCUT2D eigenvalue weighted by Gasteiger charge is 2.20. The Morgan fingerprint density at radius 3 is 1.51 bits per heavy atom. The molecule has 0 fully saturated rings. The van der Waals surface area contributed by atoms with Crippen LogP contribution in [-0.2, 0) is 0 Å². The van der Waals surface area contributed by atoms with Crippen LogP contribution in [0, 0.1) is 0 Å². The second-order valence-corrected chi connectivity index (χ2v) is 16.1. The van der Waals surface area contributed by atoms with Crippen LogP contribution in [0.15, 0.2) is 206 Å². The molecule has 4 heterocycles. The number of nitrogens with zero attached hydrogens (tertiary/aromatic N) is 6. The summed E-state index contributed by atoms with van der Waals surface area (Å²) in [6, 6.07) is 70.1. The Morgan fingerprint density at radius 1 is 0.317 bits per heavy atom. The molecular weight excluding hydrogens is 769 g/mol. The molecule has 292 valence electrons. The van der Waals surface area contributed by atoms with E-state index in [9.17, 15) is 0 Å². The lowest BCUT2D eigenvalue weighted by atomic mass is 9.96. The van der Waals surface area contributed by atoms with Crippen molar-refractivity contribution in [1.82, 2.24) is 29.3 Å². The fourth-order valence-electron chi connectivity index (χ4n) is 9.44. The summed E-state index contributed by atoms with van der Waals surface area (Å²) in [6.45, 7) is 0. The van der Waals surface area contributed by atoms with E-state index in [2.05, 4.69) is 180 Å². The molecule has 0 aliphatic heterocycles. The second-order valence-electron chi connectivity index (χ2n) is 16.1. The molecule has 0 bridgehead atoms. The van der Waals surface area contributed by atoms with Gasteiger partial charge in [-0.25, -0.2) is 24.9 Å². The van der Waals surface area contributed by atoms with Crippen LogP contribution < -0.4 is 0 Å². The largest absolute Gasteiger partial charge is 0.298 e. The van der Waals surface area contributed by atoms with E-state index in [-0.39, 0.29) is 0 Å². The number of imidazole rings is 1. The zero-order valence-corrected chi connectivity index (χ0v) is 33.8. The minimum Gasteiger partial charge on any atom is -0.298 e. The summed E-state index contributed by atoms with van der Waals surface area (Å²) in [6.07, 6.45) is 2.06. The van der Waals surface area contributed by atoms with E-state index >= 15 is 0 Å². The molecule has 0 aliphatic rings. The molecular formula is C57H34N6. The summed E-state index contributed by atoms with van der Waals surface area (Å²) in [4.78, 5) is 26.3. The third kappa shape index (κ3) is 5.69. The standard InChI is InChI=1S/C57H34N6/c1-3-18-41-38(14-1)33-48(45-22-7-5-20-43(41)45)56-60-55(61-57(62-56)49-34-39-15-2-4-19-42(39)44-21-6-8-23-46(44)49)40-17-13-16-37(32-40)35-27-29-36(30-28-35)52-54-53(47-24-9-10-25-50(47)58-52)59-51-26-11-12-31-63(51)54/h1-34H. The molecule has 0 N–H and O–H groups in total. The molecule has 0 saturated carbocycles. The molecule has 0 radical (unpaired) electrons. The van der Waals surface area contributed by atoms with Crippen molar-refractivity contribution in [2.24, 2.45) is 0 Å². The van der Waals surface area contributed by atoms with Gasteiger partial charge in [0.25, 0.3) is 0 Å². The lowest BCUT2D eigenvalue weighted by Crippen LogP contribution is -2.01. The lowest BCUT2D eigenvalue weighted by molar-refractivity contribution is 1.08. The first-order chi connectivity index (χ1) is 31.2. The highest BCUT2D eigenvalue weighted by molar-refractivity contribution is 6.15. The Bertz CT molecular complexity index is 3840. The number of hydrogen-bond acceptors (Lipinski definition) is 5. The van der Waals surface area contributed by atoms with Gasteiger partial charge in [-0.2, -0.15) is 0 Å². The van der Waals surface area contributed by atoms with Gasteiger partial charge in [-0.1, -0.05) is 164 Å². The summed E-state index contributed by atoms with van der Waals surface area (Å²) >= 11 is 0. The summed E-state index contributed by atoms with van der Waals surface area (Å²) in [5, 5.41) is 10.2. The average Bonchev–Trinajstić information content (AvgIpc) is 3.76. The van der Waals surface area contributed by atoms with E-state index < -0.39 is 0 Å². The molecule has 0 spiro atoms. The summed E-state index contributed by atoms with van der Waals surface area (Å²) in [7, 11) is 0. The van der Waals surface area contributed by atoms with E-state index in [4.69, 9.17) is 24.9 Å². The van der Waals surface area contributed by atoms with Gasteiger partial charge >= 0.3 is 0 Å². The monoisotopic (exact) mass is 802 g/mol. The molecule has 0 amide bonds. The Balaban J connectivity index is 0.980. The highest BCUT2D eigenvalue weighted by Crippen LogP contribution is 2.39. The van der Waals surface area contributed by atoms with Gasteiger partial charge in [0.05, 0.1) is 16.7 Å². The van der Waals surface area contributed by atoms with Crippen molar-refractivity contribution in [2.45, 2.75) is 0 Å². The van der Waals surface area contributed by atoms with Crippen molar-refractivity contribution >= 4 is 70.7 Å². The molecule has 13 aromatic rings. The molecule has 63 heavy (non-hydrogen) atoms. The minimum atomic E-state index is 0.610. The Morgan fingerprint density at radius 2 is 0.841 bits per heavy atom. The van der Waals surface area contributed by atoms with Crippen LogP contribution in [0.4, 0.5) is 0 Å². The van der Waals surface area contributed by atoms with Gasteiger partial charge in [-0.05, 0) is 90.6 Å².